The first-order valence-corrected chi connectivity index (χ1v) is 7.69. The highest BCUT2D eigenvalue weighted by Crippen LogP contribution is 2.18. The number of alkyl halides is 2. The zero-order chi connectivity index (χ0) is 18.5. The minimum Gasteiger partial charge on any atom is -0.435 e. The lowest BCUT2D eigenvalue weighted by molar-refractivity contribution is -0.117. The summed E-state index contributed by atoms with van der Waals surface area (Å²) in [6.45, 7) is -1.05. The van der Waals surface area contributed by atoms with Crippen molar-refractivity contribution in [3.05, 3.63) is 54.1 Å². The first-order chi connectivity index (χ1) is 12.5. The summed E-state index contributed by atoms with van der Waals surface area (Å²) in [5, 5.41) is 14.6. The third-order valence-electron chi connectivity index (χ3n) is 3.41. The van der Waals surface area contributed by atoms with Crippen molar-refractivity contribution in [2.75, 3.05) is 5.32 Å². The molecule has 1 amide bonds. The number of benzene rings is 2. The van der Waals surface area contributed by atoms with E-state index in [0.717, 1.165) is 11.1 Å². The van der Waals surface area contributed by atoms with Crippen molar-refractivity contribution in [1.29, 1.82) is 0 Å². The Hall–Kier alpha value is -3.36. The number of halogens is 2. The number of hydrogen-bond acceptors (Lipinski definition) is 5. The molecule has 1 N–H and O–H groups in total. The molecule has 0 bridgehead atoms. The lowest BCUT2D eigenvalue weighted by Gasteiger charge is -2.07. The number of nitrogens with one attached hydrogen (secondary N) is 1. The third kappa shape index (κ3) is 4.59. The Bertz CT molecular complexity index is 879. The van der Waals surface area contributed by atoms with Gasteiger partial charge in [-0.1, -0.05) is 29.8 Å². The fourth-order valence-electron chi connectivity index (χ4n) is 2.18. The van der Waals surface area contributed by atoms with Crippen LogP contribution in [0.1, 0.15) is 5.56 Å². The Balaban J connectivity index is 1.59. The van der Waals surface area contributed by atoms with Crippen LogP contribution in [0.15, 0.2) is 48.5 Å². The van der Waals surface area contributed by atoms with Crippen molar-refractivity contribution in [2.45, 2.75) is 20.1 Å². The van der Waals surface area contributed by atoms with Gasteiger partial charge in [-0.25, -0.2) is 0 Å². The topological polar surface area (TPSA) is 81.9 Å². The van der Waals surface area contributed by atoms with E-state index >= 15 is 0 Å². The predicted octanol–water partition coefficient (Wildman–Crippen LogP) is 2.89. The van der Waals surface area contributed by atoms with Gasteiger partial charge in [0.2, 0.25) is 11.7 Å². The fraction of sp³-hybridized carbons (Fsp3) is 0.176. The standard InChI is InChI=1S/C17H15F2N5O2/c1-11-2-4-12(5-3-11)16-21-23-24(22-16)10-15(25)20-13-6-8-14(9-7-13)26-17(18)19/h2-9,17H,10H2,1H3,(H,20,25). The van der Waals surface area contributed by atoms with Gasteiger partial charge < -0.3 is 10.1 Å². The zero-order valence-corrected chi connectivity index (χ0v) is 13.8. The second-order valence-electron chi connectivity index (χ2n) is 5.46. The molecule has 1 aromatic heterocycles. The lowest BCUT2D eigenvalue weighted by Crippen LogP contribution is -2.20. The van der Waals surface area contributed by atoms with Crippen molar-refractivity contribution >= 4 is 11.6 Å². The first-order valence-electron chi connectivity index (χ1n) is 7.69. The molecule has 0 spiro atoms. The number of carbonyl (C=O) groups is 1. The summed E-state index contributed by atoms with van der Waals surface area (Å²) in [4.78, 5) is 13.2. The van der Waals surface area contributed by atoms with Crippen molar-refractivity contribution in [3.63, 3.8) is 0 Å². The molecule has 0 aliphatic carbocycles. The molecule has 3 aromatic rings. The largest absolute Gasteiger partial charge is 0.435 e. The van der Waals surface area contributed by atoms with E-state index in [-0.39, 0.29) is 18.2 Å². The Kier molecular flexibility index (Phi) is 5.16. The van der Waals surface area contributed by atoms with Gasteiger partial charge in [-0.15, -0.1) is 10.2 Å². The Morgan fingerprint density at radius 2 is 1.85 bits per heavy atom. The molecule has 0 saturated carbocycles. The lowest BCUT2D eigenvalue weighted by atomic mass is 10.1. The molecule has 7 nitrogen and oxygen atoms in total. The smallest absolute Gasteiger partial charge is 0.387 e. The summed E-state index contributed by atoms with van der Waals surface area (Å²) in [7, 11) is 0. The minimum absolute atomic E-state index is 0.0127. The molecule has 0 saturated heterocycles. The average Bonchev–Trinajstić information content (AvgIpc) is 3.05. The van der Waals surface area contributed by atoms with E-state index in [1.165, 1.54) is 29.1 Å². The molecule has 9 heteroatoms. The molecule has 2 aromatic carbocycles. The number of hydrogen-bond donors (Lipinski definition) is 1. The van der Waals surface area contributed by atoms with Crippen LogP contribution in [-0.4, -0.2) is 32.7 Å². The molecule has 0 atom stereocenters. The van der Waals surface area contributed by atoms with Crippen molar-refractivity contribution in [1.82, 2.24) is 20.2 Å². The maximum Gasteiger partial charge on any atom is 0.387 e. The van der Waals surface area contributed by atoms with Gasteiger partial charge in [0.15, 0.2) is 0 Å². The van der Waals surface area contributed by atoms with E-state index < -0.39 is 6.61 Å². The summed E-state index contributed by atoms with van der Waals surface area (Å²) >= 11 is 0. The summed E-state index contributed by atoms with van der Waals surface area (Å²) in [5.41, 5.74) is 2.36. The zero-order valence-electron chi connectivity index (χ0n) is 13.8. The van der Waals surface area contributed by atoms with Gasteiger partial charge in [0.1, 0.15) is 12.3 Å². The van der Waals surface area contributed by atoms with E-state index in [1.807, 2.05) is 31.2 Å². The monoisotopic (exact) mass is 359 g/mol. The number of rotatable bonds is 6. The molecule has 0 aliphatic heterocycles. The van der Waals surface area contributed by atoms with Crippen LogP contribution in [0.3, 0.4) is 0 Å². The van der Waals surface area contributed by atoms with E-state index in [2.05, 4.69) is 25.5 Å². The molecule has 26 heavy (non-hydrogen) atoms. The number of anilines is 1. The van der Waals surface area contributed by atoms with Crippen LogP contribution < -0.4 is 10.1 Å². The highest BCUT2D eigenvalue weighted by molar-refractivity contribution is 5.90. The van der Waals surface area contributed by atoms with Crippen molar-refractivity contribution in [2.24, 2.45) is 0 Å². The number of carbonyl (C=O) groups excluding carboxylic acids is 1. The van der Waals surface area contributed by atoms with E-state index in [4.69, 9.17) is 0 Å². The van der Waals surface area contributed by atoms with Gasteiger partial charge >= 0.3 is 6.61 Å². The highest BCUT2D eigenvalue weighted by atomic mass is 19.3. The van der Waals surface area contributed by atoms with Crippen molar-refractivity contribution in [3.8, 4) is 17.1 Å². The Labute approximate surface area is 147 Å². The molecular weight excluding hydrogens is 344 g/mol. The van der Waals surface area contributed by atoms with Crippen molar-refractivity contribution < 1.29 is 18.3 Å². The molecular formula is C17H15F2N5O2. The van der Waals surface area contributed by atoms with Crippen LogP contribution >= 0.6 is 0 Å². The molecule has 1 heterocycles. The number of tetrazole rings is 1. The second kappa shape index (κ2) is 7.68. The van der Waals surface area contributed by atoms with Crippen LogP contribution in [0.2, 0.25) is 0 Å². The maximum absolute atomic E-state index is 12.1. The van der Waals surface area contributed by atoms with Gasteiger partial charge in [0.05, 0.1) is 0 Å². The maximum atomic E-state index is 12.1. The number of aromatic nitrogens is 4. The highest BCUT2D eigenvalue weighted by Gasteiger charge is 2.10. The van der Waals surface area contributed by atoms with Gasteiger partial charge in [0.25, 0.3) is 0 Å². The van der Waals surface area contributed by atoms with Gasteiger partial charge in [-0.3, -0.25) is 4.79 Å². The predicted molar refractivity (Wildman–Crippen MR) is 89.7 cm³/mol. The quantitative estimate of drug-likeness (QED) is 0.732. The first kappa shape index (κ1) is 17.5. The second-order valence-corrected chi connectivity index (χ2v) is 5.46. The number of amides is 1. The SMILES string of the molecule is Cc1ccc(-c2nnn(CC(=O)Nc3ccc(OC(F)F)cc3)n2)cc1. The van der Waals surface area contributed by atoms with Crippen LogP contribution in [0.4, 0.5) is 14.5 Å². The molecule has 134 valence electrons. The summed E-state index contributed by atoms with van der Waals surface area (Å²) < 4.78 is 28.5. The fourth-order valence-corrected chi connectivity index (χ4v) is 2.18. The molecule has 0 unspecified atom stereocenters. The Morgan fingerprint density at radius 3 is 2.50 bits per heavy atom. The summed E-state index contributed by atoms with van der Waals surface area (Å²) in [6, 6.07) is 13.2. The number of nitrogens with zero attached hydrogens (tertiary/aromatic N) is 4. The van der Waals surface area contributed by atoms with Gasteiger partial charge in [-0.05, 0) is 36.4 Å². The third-order valence-corrected chi connectivity index (χ3v) is 3.41. The Morgan fingerprint density at radius 1 is 1.15 bits per heavy atom. The number of aryl methyl sites for hydroxylation is 1. The van der Waals surface area contributed by atoms with E-state index in [0.29, 0.717) is 11.5 Å². The molecule has 3 rings (SSSR count). The van der Waals surface area contributed by atoms with E-state index in [9.17, 15) is 13.6 Å². The molecule has 0 radical (unpaired) electrons. The van der Waals surface area contributed by atoms with Gasteiger partial charge in [-0.2, -0.15) is 13.6 Å². The van der Waals surface area contributed by atoms with Crippen LogP contribution in [-0.2, 0) is 11.3 Å². The van der Waals surface area contributed by atoms with E-state index in [1.54, 1.807) is 0 Å². The minimum atomic E-state index is -2.89. The van der Waals surface area contributed by atoms with Gasteiger partial charge in [0, 0.05) is 11.3 Å². The number of ether oxygens (including phenoxy) is 1. The summed E-state index contributed by atoms with van der Waals surface area (Å²) in [6.07, 6.45) is 0. The average molecular weight is 359 g/mol. The summed E-state index contributed by atoms with van der Waals surface area (Å²) in [5.74, 6) is 0.0605. The van der Waals surface area contributed by atoms with Crippen LogP contribution in [0.25, 0.3) is 11.4 Å². The molecule has 0 aliphatic rings. The van der Waals surface area contributed by atoms with Crippen LogP contribution in [0.5, 0.6) is 5.75 Å². The van der Waals surface area contributed by atoms with Crippen LogP contribution in [0, 0.1) is 6.92 Å². The normalized spacial score (nSPS) is 10.8. The molecule has 0 fully saturated rings.